The summed E-state index contributed by atoms with van der Waals surface area (Å²) in [5.41, 5.74) is 13.4. The maximum absolute atomic E-state index is 5.76. The smallest absolute Gasteiger partial charge is 0.258 e. The largest absolute Gasteiger partial charge is 0.399 e. The van der Waals surface area contributed by atoms with E-state index in [9.17, 15) is 0 Å². The zero-order chi connectivity index (χ0) is 14.7. The molecule has 4 N–H and O–H groups in total. The summed E-state index contributed by atoms with van der Waals surface area (Å²) in [6.07, 6.45) is -0.184. The molecule has 0 spiro atoms. The fourth-order valence-corrected chi connectivity index (χ4v) is 2.01. The molecule has 1 unspecified atom stereocenters. The van der Waals surface area contributed by atoms with Gasteiger partial charge in [-0.2, -0.15) is 4.98 Å². The number of ether oxygens (including phenoxy) is 1. The van der Waals surface area contributed by atoms with Gasteiger partial charge in [-0.3, -0.25) is 0 Å². The van der Waals surface area contributed by atoms with Gasteiger partial charge in [-0.1, -0.05) is 19.0 Å². The normalized spacial score (nSPS) is 12.8. The molecule has 0 aliphatic carbocycles. The molecule has 6 heteroatoms. The number of hydrogen-bond donors (Lipinski definition) is 2. The number of nitrogen functional groups attached to an aromatic ring is 2. The Labute approximate surface area is 118 Å². The summed E-state index contributed by atoms with van der Waals surface area (Å²) >= 11 is 0. The van der Waals surface area contributed by atoms with Crippen molar-refractivity contribution < 1.29 is 9.26 Å². The van der Waals surface area contributed by atoms with E-state index in [4.69, 9.17) is 20.7 Å². The fourth-order valence-electron chi connectivity index (χ4n) is 2.01. The predicted molar refractivity (Wildman–Crippen MR) is 77.8 cm³/mol. The van der Waals surface area contributed by atoms with Gasteiger partial charge in [0, 0.05) is 23.5 Å². The third-order valence-corrected chi connectivity index (χ3v) is 2.87. The highest BCUT2D eigenvalue weighted by Crippen LogP contribution is 2.28. The minimum absolute atomic E-state index is 0.184. The first kappa shape index (κ1) is 14.3. The van der Waals surface area contributed by atoms with Gasteiger partial charge in [0.25, 0.3) is 5.89 Å². The number of nitrogens with zero attached hydrogens (tertiary/aromatic N) is 2. The number of rotatable bonds is 5. The lowest BCUT2D eigenvalue weighted by Gasteiger charge is -2.16. The van der Waals surface area contributed by atoms with Crippen LogP contribution < -0.4 is 11.5 Å². The zero-order valence-corrected chi connectivity index (χ0v) is 12.0. The molecule has 2 rings (SSSR count). The molecule has 0 amide bonds. The summed E-state index contributed by atoms with van der Waals surface area (Å²) in [6.45, 7) is 6.64. The molecule has 0 saturated heterocycles. The van der Waals surface area contributed by atoms with E-state index in [1.54, 1.807) is 18.2 Å². The van der Waals surface area contributed by atoms with Crippen molar-refractivity contribution in [2.24, 2.45) is 5.92 Å². The highest BCUT2D eigenvalue weighted by Gasteiger charge is 2.22. The van der Waals surface area contributed by atoms with Crippen molar-refractivity contribution >= 4 is 11.4 Å². The molecule has 0 saturated carbocycles. The monoisotopic (exact) mass is 276 g/mol. The van der Waals surface area contributed by atoms with Crippen LogP contribution in [0.1, 0.15) is 32.7 Å². The van der Waals surface area contributed by atoms with Gasteiger partial charge in [0.15, 0.2) is 0 Å². The molecule has 2 aromatic rings. The second-order valence-electron chi connectivity index (χ2n) is 4.97. The van der Waals surface area contributed by atoms with Crippen LogP contribution in [0.15, 0.2) is 22.7 Å². The average Bonchev–Trinajstić information content (AvgIpc) is 2.83. The van der Waals surface area contributed by atoms with Crippen LogP contribution in [0.4, 0.5) is 11.4 Å². The van der Waals surface area contributed by atoms with Gasteiger partial charge in [-0.15, -0.1) is 0 Å². The van der Waals surface area contributed by atoms with Crippen LogP contribution in [0.2, 0.25) is 0 Å². The molecule has 1 atom stereocenters. The van der Waals surface area contributed by atoms with E-state index in [1.807, 2.05) is 6.92 Å². The van der Waals surface area contributed by atoms with Crippen LogP contribution in [0.25, 0.3) is 11.5 Å². The van der Waals surface area contributed by atoms with E-state index >= 15 is 0 Å². The average molecular weight is 276 g/mol. The van der Waals surface area contributed by atoms with E-state index in [1.165, 1.54) is 0 Å². The minimum atomic E-state index is -0.184. The Bertz CT molecular complexity index is 560. The van der Waals surface area contributed by atoms with Gasteiger partial charge in [0.2, 0.25) is 5.82 Å². The molecule has 0 bridgehead atoms. The van der Waals surface area contributed by atoms with Gasteiger partial charge in [-0.05, 0) is 31.0 Å². The maximum Gasteiger partial charge on any atom is 0.258 e. The molecular formula is C14H20N4O2. The van der Waals surface area contributed by atoms with E-state index < -0.39 is 0 Å². The van der Waals surface area contributed by atoms with Crippen LogP contribution in [0, 0.1) is 5.92 Å². The highest BCUT2D eigenvalue weighted by molar-refractivity contribution is 5.67. The Kier molecular flexibility index (Phi) is 4.24. The van der Waals surface area contributed by atoms with Crippen molar-refractivity contribution in [1.82, 2.24) is 10.1 Å². The van der Waals surface area contributed by atoms with Crippen molar-refractivity contribution in [3.63, 3.8) is 0 Å². The van der Waals surface area contributed by atoms with Gasteiger partial charge in [0.1, 0.15) is 6.10 Å². The Balaban J connectivity index is 2.32. The van der Waals surface area contributed by atoms with E-state index in [0.29, 0.717) is 35.3 Å². The SMILES string of the molecule is CCOC(c1noc(-c2cc(N)cc(N)c2)n1)C(C)C. The molecule has 1 aromatic carbocycles. The molecule has 20 heavy (non-hydrogen) atoms. The lowest BCUT2D eigenvalue weighted by molar-refractivity contribution is 0.0217. The molecular weight excluding hydrogens is 256 g/mol. The quantitative estimate of drug-likeness (QED) is 0.814. The molecule has 108 valence electrons. The summed E-state index contributed by atoms with van der Waals surface area (Å²) in [4.78, 5) is 4.39. The Hall–Kier alpha value is -2.08. The van der Waals surface area contributed by atoms with E-state index in [2.05, 4.69) is 24.0 Å². The molecule has 1 heterocycles. The summed E-state index contributed by atoms with van der Waals surface area (Å²) in [5.74, 6) is 1.19. The van der Waals surface area contributed by atoms with Gasteiger partial charge in [0.05, 0.1) is 0 Å². The van der Waals surface area contributed by atoms with Crippen molar-refractivity contribution in [3.8, 4) is 11.5 Å². The Morgan fingerprint density at radius 2 is 1.85 bits per heavy atom. The summed E-state index contributed by atoms with van der Waals surface area (Å²) in [7, 11) is 0. The number of anilines is 2. The topological polar surface area (TPSA) is 100 Å². The van der Waals surface area contributed by atoms with Gasteiger partial charge >= 0.3 is 0 Å². The van der Waals surface area contributed by atoms with E-state index in [0.717, 1.165) is 0 Å². The molecule has 6 nitrogen and oxygen atoms in total. The second kappa shape index (κ2) is 5.92. The number of nitrogens with two attached hydrogens (primary N) is 2. The number of aromatic nitrogens is 2. The number of hydrogen-bond acceptors (Lipinski definition) is 6. The zero-order valence-electron chi connectivity index (χ0n) is 12.0. The van der Waals surface area contributed by atoms with Crippen LogP contribution >= 0.6 is 0 Å². The van der Waals surface area contributed by atoms with Crippen LogP contribution in [0.3, 0.4) is 0 Å². The van der Waals surface area contributed by atoms with Crippen molar-refractivity contribution in [2.75, 3.05) is 18.1 Å². The molecule has 0 aliphatic rings. The van der Waals surface area contributed by atoms with Crippen molar-refractivity contribution in [3.05, 3.63) is 24.0 Å². The van der Waals surface area contributed by atoms with Crippen molar-refractivity contribution in [2.45, 2.75) is 26.9 Å². The second-order valence-corrected chi connectivity index (χ2v) is 4.97. The highest BCUT2D eigenvalue weighted by atomic mass is 16.5. The first-order valence-electron chi connectivity index (χ1n) is 6.63. The Morgan fingerprint density at radius 3 is 2.40 bits per heavy atom. The van der Waals surface area contributed by atoms with Crippen LogP contribution in [-0.2, 0) is 4.74 Å². The first-order chi connectivity index (χ1) is 9.51. The third kappa shape index (κ3) is 3.08. The molecule has 0 fully saturated rings. The van der Waals surface area contributed by atoms with Crippen molar-refractivity contribution in [1.29, 1.82) is 0 Å². The summed E-state index contributed by atoms with van der Waals surface area (Å²) in [5, 5.41) is 4.00. The van der Waals surface area contributed by atoms with Gasteiger partial charge in [-0.25, -0.2) is 0 Å². The summed E-state index contributed by atoms with van der Waals surface area (Å²) < 4.78 is 10.9. The first-order valence-corrected chi connectivity index (χ1v) is 6.63. The molecule has 1 aromatic heterocycles. The molecule has 0 aliphatic heterocycles. The lowest BCUT2D eigenvalue weighted by Crippen LogP contribution is -2.12. The number of benzene rings is 1. The molecule has 0 radical (unpaired) electrons. The van der Waals surface area contributed by atoms with Crippen LogP contribution in [-0.4, -0.2) is 16.7 Å². The van der Waals surface area contributed by atoms with Gasteiger partial charge < -0.3 is 20.7 Å². The minimum Gasteiger partial charge on any atom is -0.399 e. The fraction of sp³-hybridized carbons (Fsp3) is 0.429. The van der Waals surface area contributed by atoms with Crippen LogP contribution in [0.5, 0.6) is 0 Å². The standard InChI is InChI=1S/C14H20N4O2/c1-4-19-12(8(2)3)13-17-14(20-18-13)9-5-10(15)7-11(16)6-9/h5-8,12H,4,15-16H2,1-3H3. The summed E-state index contributed by atoms with van der Waals surface area (Å²) in [6, 6.07) is 5.18. The predicted octanol–water partition coefficient (Wildman–Crippen LogP) is 2.63. The lowest BCUT2D eigenvalue weighted by atomic mass is 10.1. The Morgan fingerprint density at radius 1 is 1.20 bits per heavy atom. The maximum atomic E-state index is 5.76. The third-order valence-electron chi connectivity index (χ3n) is 2.87. The van der Waals surface area contributed by atoms with E-state index in [-0.39, 0.29) is 12.0 Å².